The first-order chi connectivity index (χ1) is 13.4. The lowest BCUT2D eigenvalue weighted by Crippen LogP contribution is -2.40. The predicted octanol–water partition coefficient (Wildman–Crippen LogP) is 3.69. The lowest BCUT2D eigenvalue weighted by Gasteiger charge is -2.24. The summed E-state index contributed by atoms with van der Waals surface area (Å²) in [6.07, 6.45) is 2.08. The molecule has 0 amide bonds. The number of nitrogens with zero attached hydrogens (tertiary/aromatic N) is 2. The van der Waals surface area contributed by atoms with Gasteiger partial charge in [0.2, 0.25) is 0 Å². The molecule has 5 rings (SSSR count). The molecule has 27 heavy (non-hydrogen) atoms. The molecule has 1 atom stereocenters. The smallest absolute Gasteiger partial charge is 0.0978 e. The molecule has 5 heteroatoms. The number of imidazole rings is 1. The molecule has 4 aromatic rings. The molecule has 136 valence electrons. The minimum atomic E-state index is 0.153. The monoisotopic (exact) mass is 358 g/mol. The van der Waals surface area contributed by atoms with Crippen LogP contribution >= 0.6 is 0 Å². The van der Waals surface area contributed by atoms with Crippen LogP contribution in [0.2, 0.25) is 0 Å². The highest BCUT2D eigenvalue weighted by Crippen LogP contribution is 2.33. The molecule has 0 radical (unpaired) electrons. The molecular weight excluding hydrogens is 336 g/mol. The number of morpholine rings is 1. The van der Waals surface area contributed by atoms with E-state index in [4.69, 9.17) is 9.72 Å². The third-order valence-corrected chi connectivity index (χ3v) is 5.07. The molecular formula is C22H22N4O. The van der Waals surface area contributed by atoms with E-state index in [0.717, 1.165) is 54.4 Å². The van der Waals surface area contributed by atoms with Crippen molar-refractivity contribution in [2.45, 2.75) is 12.6 Å². The molecule has 0 bridgehead atoms. The van der Waals surface area contributed by atoms with Gasteiger partial charge in [-0.05, 0) is 12.1 Å². The van der Waals surface area contributed by atoms with Crippen molar-refractivity contribution in [3.05, 3.63) is 67.0 Å². The summed E-state index contributed by atoms with van der Waals surface area (Å²) in [6.45, 7) is 3.32. The van der Waals surface area contributed by atoms with Crippen molar-refractivity contribution in [2.24, 2.45) is 0 Å². The van der Waals surface area contributed by atoms with Crippen molar-refractivity contribution < 1.29 is 4.74 Å². The van der Waals surface area contributed by atoms with Crippen LogP contribution in [0.15, 0.2) is 67.0 Å². The Bertz CT molecular complexity index is 1010. The Kier molecular flexibility index (Phi) is 4.24. The molecule has 0 spiro atoms. The van der Waals surface area contributed by atoms with Crippen LogP contribution < -0.4 is 5.32 Å². The number of H-pyrrole nitrogens is 1. The van der Waals surface area contributed by atoms with Gasteiger partial charge in [-0.1, -0.05) is 48.5 Å². The largest absolute Gasteiger partial charge is 0.374 e. The molecule has 1 aliphatic rings. The van der Waals surface area contributed by atoms with Gasteiger partial charge in [-0.3, -0.25) is 0 Å². The molecule has 2 N–H and O–H groups in total. The van der Waals surface area contributed by atoms with Crippen LogP contribution in [0.25, 0.3) is 33.5 Å². The number of para-hydroxylation sites is 1. The lowest BCUT2D eigenvalue weighted by molar-refractivity contribution is 0.0184. The van der Waals surface area contributed by atoms with Crippen molar-refractivity contribution in [3.63, 3.8) is 0 Å². The fourth-order valence-corrected chi connectivity index (χ4v) is 3.77. The van der Waals surface area contributed by atoms with Crippen LogP contribution in [0.3, 0.4) is 0 Å². The standard InChI is InChI=1S/C22H22N4O/c1-2-6-16(7-3-1)21-22(20-12-17-8-4-5-9-19(17)25-20)26(15-24-21)14-18-13-23-10-11-27-18/h1-9,12,15,18,23,25H,10-11,13-14H2/t18-/m1/s1. The third-order valence-electron chi connectivity index (χ3n) is 5.07. The van der Waals surface area contributed by atoms with Crippen molar-refractivity contribution in [3.8, 4) is 22.6 Å². The van der Waals surface area contributed by atoms with Crippen LogP contribution in [0.4, 0.5) is 0 Å². The molecule has 1 fully saturated rings. The number of ether oxygens (including phenoxy) is 1. The van der Waals surface area contributed by atoms with Crippen LogP contribution in [0.1, 0.15) is 0 Å². The zero-order valence-corrected chi connectivity index (χ0v) is 15.1. The lowest BCUT2D eigenvalue weighted by atomic mass is 10.1. The Labute approximate surface area is 158 Å². The topological polar surface area (TPSA) is 54.9 Å². The van der Waals surface area contributed by atoms with Crippen molar-refractivity contribution in [1.29, 1.82) is 0 Å². The van der Waals surface area contributed by atoms with Crippen LogP contribution in [0, 0.1) is 0 Å². The minimum Gasteiger partial charge on any atom is -0.374 e. The van der Waals surface area contributed by atoms with E-state index in [2.05, 4.69) is 69.5 Å². The van der Waals surface area contributed by atoms with Gasteiger partial charge in [0.05, 0.1) is 42.7 Å². The van der Waals surface area contributed by atoms with Gasteiger partial charge in [0.15, 0.2) is 0 Å². The number of nitrogens with one attached hydrogen (secondary N) is 2. The van der Waals surface area contributed by atoms with Gasteiger partial charge >= 0.3 is 0 Å². The average molecular weight is 358 g/mol. The summed E-state index contributed by atoms with van der Waals surface area (Å²) >= 11 is 0. The normalized spacial score (nSPS) is 17.4. The quantitative estimate of drug-likeness (QED) is 0.585. The van der Waals surface area contributed by atoms with E-state index in [9.17, 15) is 0 Å². The fourth-order valence-electron chi connectivity index (χ4n) is 3.77. The van der Waals surface area contributed by atoms with Crippen molar-refractivity contribution in [1.82, 2.24) is 19.9 Å². The summed E-state index contributed by atoms with van der Waals surface area (Å²) in [5.41, 5.74) is 5.43. The first-order valence-corrected chi connectivity index (χ1v) is 9.39. The second-order valence-electron chi connectivity index (χ2n) is 6.93. The molecule has 2 aromatic carbocycles. The summed E-state index contributed by atoms with van der Waals surface area (Å²) in [7, 11) is 0. The maximum atomic E-state index is 5.93. The molecule has 1 aliphatic heterocycles. The second kappa shape index (κ2) is 7.02. The van der Waals surface area contributed by atoms with E-state index < -0.39 is 0 Å². The number of hydrogen-bond acceptors (Lipinski definition) is 3. The van der Waals surface area contributed by atoms with Crippen LogP contribution in [-0.4, -0.2) is 40.3 Å². The molecule has 5 nitrogen and oxygen atoms in total. The maximum Gasteiger partial charge on any atom is 0.0978 e. The number of rotatable bonds is 4. The van der Waals surface area contributed by atoms with E-state index >= 15 is 0 Å². The van der Waals surface area contributed by atoms with Gasteiger partial charge < -0.3 is 19.6 Å². The summed E-state index contributed by atoms with van der Waals surface area (Å²) in [5.74, 6) is 0. The van der Waals surface area contributed by atoms with Crippen LogP contribution in [-0.2, 0) is 11.3 Å². The first kappa shape index (κ1) is 16.3. The molecule has 0 unspecified atom stereocenters. The van der Waals surface area contributed by atoms with Gasteiger partial charge in [-0.25, -0.2) is 4.98 Å². The zero-order chi connectivity index (χ0) is 18.1. The number of hydrogen-bond donors (Lipinski definition) is 2. The van der Waals surface area contributed by atoms with Gasteiger partial charge in [-0.15, -0.1) is 0 Å². The molecule has 0 aliphatic carbocycles. The predicted molar refractivity (Wildman–Crippen MR) is 108 cm³/mol. The Hall–Kier alpha value is -2.89. The summed E-state index contributed by atoms with van der Waals surface area (Å²) in [6, 6.07) is 20.9. The fraction of sp³-hybridized carbons (Fsp3) is 0.227. The Morgan fingerprint density at radius 2 is 1.93 bits per heavy atom. The highest BCUT2D eigenvalue weighted by molar-refractivity contribution is 5.88. The summed E-state index contributed by atoms with van der Waals surface area (Å²) in [5, 5.41) is 4.61. The van der Waals surface area contributed by atoms with Gasteiger partial charge in [0.1, 0.15) is 0 Å². The highest BCUT2D eigenvalue weighted by atomic mass is 16.5. The van der Waals surface area contributed by atoms with E-state index in [1.807, 2.05) is 12.4 Å². The summed E-state index contributed by atoms with van der Waals surface area (Å²) in [4.78, 5) is 8.33. The van der Waals surface area contributed by atoms with Gasteiger partial charge in [0.25, 0.3) is 0 Å². The first-order valence-electron chi connectivity index (χ1n) is 9.39. The maximum absolute atomic E-state index is 5.93. The van der Waals surface area contributed by atoms with E-state index in [-0.39, 0.29) is 6.10 Å². The zero-order valence-electron chi connectivity index (χ0n) is 15.1. The number of aromatic amines is 1. The third kappa shape index (κ3) is 3.16. The minimum absolute atomic E-state index is 0.153. The number of benzene rings is 2. The number of fused-ring (bicyclic) bond motifs is 1. The van der Waals surface area contributed by atoms with Crippen molar-refractivity contribution in [2.75, 3.05) is 19.7 Å². The Morgan fingerprint density at radius 3 is 2.74 bits per heavy atom. The summed E-state index contributed by atoms with van der Waals surface area (Å²) < 4.78 is 8.14. The van der Waals surface area contributed by atoms with Gasteiger partial charge in [-0.2, -0.15) is 0 Å². The van der Waals surface area contributed by atoms with Crippen molar-refractivity contribution >= 4 is 10.9 Å². The van der Waals surface area contributed by atoms with E-state index in [0.29, 0.717) is 0 Å². The second-order valence-corrected chi connectivity index (χ2v) is 6.93. The van der Waals surface area contributed by atoms with Crippen LogP contribution in [0.5, 0.6) is 0 Å². The SMILES string of the molecule is c1ccc(-c2ncn(C[C@H]3CNCCO3)c2-c2cc3ccccc3[nH]2)cc1. The molecule has 1 saturated heterocycles. The average Bonchev–Trinajstić information content (AvgIpc) is 3.33. The number of aromatic nitrogens is 3. The molecule has 2 aromatic heterocycles. The molecule has 0 saturated carbocycles. The van der Waals surface area contributed by atoms with Gasteiger partial charge in [0, 0.05) is 29.6 Å². The molecule has 3 heterocycles. The Balaban J connectivity index is 1.62. The van der Waals surface area contributed by atoms with E-state index in [1.165, 1.54) is 5.39 Å². The Morgan fingerprint density at radius 1 is 1.07 bits per heavy atom. The van der Waals surface area contributed by atoms with E-state index in [1.54, 1.807) is 0 Å². The highest BCUT2D eigenvalue weighted by Gasteiger charge is 2.21.